The Morgan fingerprint density at radius 2 is 1.88 bits per heavy atom. The van der Waals surface area contributed by atoms with Crippen LogP contribution in [0.4, 0.5) is 10.2 Å². The molecule has 40 heavy (non-hydrogen) atoms. The predicted octanol–water partition coefficient (Wildman–Crippen LogP) is 4.45. The molecule has 0 spiro atoms. The number of cyclic esters (lactones) is 1. The van der Waals surface area contributed by atoms with Crippen LogP contribution >= 0.6 is 0 Å². The number of aromatic nitrogens is 3. The number of esters is 1. The van der Waals surface area contributed by atoms with Crippen molar-refractivity contribution >= 4 is 33.5 Å². The third kappa shape index (κ3) is 4.27. The largest absolute Gasteiger partial charge is 0.508 e. The highest BCUT2D eigenvalue weighted by Gasteiger charge is 2.45. The number of hydrogen-bond acceptors (Lipinski definition) is 9. The molecule has 3 saturated heterocycles. The van der Waals surface area contributed by atoms with E-state index in [4.69, 9.17) is 14.5 Å². The highest BCUT2D eigenvalue weighted by molar-refractivity contribution is 5.99. The third-order valence-corrected chi connectivity index (χ3v) is 8.54. The Hall–Kier alpha value is -4.05. The standard InChI is InChI=1S/C30H30FN5O4/c31-25-26(22-16-20(37)15-19-5-1-2-6-21(19)22)32-17-23-27(25)33-29(34-28(23)35-12-7-24(38)39-14-13-35)40-18-30-8-3-10-36(30)11-4-9-30/h1-2,5-6,15-17,37H,3-4,7-14,18H2. The Balaban J connectivity index is 1.35. The molecule has 1 N–H and O–H groups in total. The molecule has 206 valence electrons. The fourth-order valence-electron chi connectivity index (χ4n) is 6.56. The van der Waals surface area contributed by atoms with Gasteiger partial charge in [0.2, 0.25) is 0 Å². The first-order valence-electron chi connectivity index (χ1n) is 13.9. The van der Waals surface area contributed by atoms with Crippen LogP contribution < -0.4 is 9.64 Å². The molecular weight excluding hydrogens is 513 g/mol. The van der Waals surface area contributed by atoms with Crippen LogP contribution in [0.15, 0.2) is 42.6 Å². The average molecular weight is 544 g/mol. The number of pyridine rings is 1. The van der Waals surface area contributed by atoms with Crippen LogP contribution in [0.5, 0.6) is 11.8 Å². The number of carbonyl (C=O) groups excluding carboxylic acids is 1. The number of benzene rings is 2. The highest BCUT2D eigenvalue weighted by Crippen LogP contribution is 2.40. The molecule has 10 heteroatoms. The van der Waals surface area contributed by atoms with E-state index in [1.807, 2.05) is 29.2 Å². The lowest BCUT2D eigenvalue weighted by Gasteiger charge is -2.31. The maximum absolute atomic E-state index is 16.4. The van der Waals surface area contributed by atoms with Gasteiger partial charge < -0.3 is 19.5 Å². The van der Waals surface area contributed by atoms with Crippen LogP contribution in [-0.2, 0) is 9.53 Å². The van der Waals surface area contributed by atoms with Crippen LogP contribution in [-0.4, -0.2) is 75.9 Å². The Kier molecular flexibility index (Phi) is 6.14. The lowest BCUT2D eigenvalue weighted by Crippen LogP contribution is -2.43. The van der Waals surface area contributed by atoms with E-state index in [1.165, 1.54) is 6.07 Å². The van der Waals surface area contributed by atoms with Gasteiger partial charge in [0, 0.05) is 18.3 Å². The molecule has 3 aliphatic rings. The zero-order chi connectivity index (χ0) is 27.3. The van der Waals surface area contributed by atoms with Crippen LogP contribution in [0.3, 0.4) is 0 Å². The minimum absolute atomic E-state index is 0.0218. The van der Waals surface area contributed by atoms with Crippen LogP contribution in [0.1, 0.15) is 32.1 Å². The molecule has 0 aliphatic carbocycles. The summed E-state index contributed by atoms with van der Waals surface area (Å²) in [7, 11) is 0. The minimum Gasteiger partial charge on any atom is -0.508 e. The molecular formula is C30H30FN5O4. The molecule has 0 radical (unpaired) electrons. The Morgan fingerprint density at radius 1 is 1.05 bits per heavy atom. The van der Waals surface area contributed by atoms with Crippen molar-refractivity contribution in [3.63, 3.8) is 0 Å². The number of fused-ring (bicyclic) bond motifs is 3. The van der Waals surface area contributed by atoms with E-state index in [1.54, 1.807) is 12.3 Å². The second-order valence-electron chi connectivity index (χ2n) is 10.9. The maximum atomic E-state index is 16.4. The van der Waals surface area contributed by atoms with Gasteiger partial charge in [0.1, 0.15) is 36.0 Å². The Labute approximate surface area is 230 Å². The first-order chi connectivity index (χ1) is 19.5. The van der Waals surface area contributed by atoms with E-state index in [0.29, 0.717) is 36.5 Å². The van der Waals surface area contributed by atoms with Crippen molar-refractivity contribution in [2.45, 2.75) is 37.6 Å². The van der Waals surface area contributed by atoms with E-state index in [9.17, 15) is 9.90 Å². The molecule has 2 aromatic heterocycles. The number of anilines is 1. The molecule has 2 aromatic carbocycles. The summed E-state index contributed by atoms with van der Waals surface area (Å²) in [6, 6.07) is 10.7. The molecule has 0 amide bonds. The smallest absolute Gasteiger partial charge is 0.319 e. The minimum atomic E-state index is -0.620. The molecule has 3 fully saturated rings. The van der Waals surface area contributed by atoms with Crippen molar-refractivity contribution in [3.8, 4) is 23.0 Å². The monoisotopic (exact) mass is 543 g/mol. The number of nitrogens with zero attached hydrogens (tertiary/aromatic N) is 5. The van der Waals surface area contributed by atoms with E-state index in [0.717, 1.165) is 49.5 Å². The quantitative estimate of drug-likeness (QED) is 0.366. The Bertz CT molecular complexity index is 1620. The van der Waals surface area contributed by atoms with Crippen LogP contribution in [0.25, 0.3) is 32.9 Å². The number of phenols is 1. The number of phenolic OH excluding ortho intramolecular Hbond substituents is 1. The molecule has 3 aliphatic heterocycles. The van der Waals surface area contributed by atoms with Crippen molar-refractivity contribution in [1.29, 1.82) is 0 Å². The van der Waals surface area contributed by atoms with Crippen molar-refractivity contribution in [2.75, 3.05) is 44.3 Å². The second-order valence-corrected chi connectivity index (χ2v) is 10.9. The highest BCUT2D eigenvalue weighted by atomic mass is 19.1. The number of halogens is 1. The first-order valence-corrected chi connectivity index (χ1v) is 13.9. The summed E-state index contributed by atoms with van der Waals surface area (Å²) < 4.78 is 27.9. The number of aromatic hydroxyl groups is 1. The van der Waals surface area contributed by atoms with E-state index >= 15 is 4.39 Å². The van der Waals surface area contributed by atoms with Crippen molar-refractivity contribution in [2.24, 2.45) is 0 Å². The van der Waals surface area contributed by atoms with Crippen molar-refractivity contribution in [1.82, 2.24) is 19.9 Å². The maximum Gasteiger partial charge on any atom is 0.319 e. The zero-order valence-corrected chi connectivity index (χ0v) is 22.1. The molecule has 0 saturated carbocycles. The normalized spacial score (nSPS) is 19.1. The molecule has 0 atom stereocenters. The molecule has 4 aromatic rings. The lowest BCUT2D eigenvalue weighted by molar-refractivity contribution is -0.142. The van der Waals surface area contributed by atoms with Gasteiger partial charge in [0.15, 0.2) is 5.82 Å². The summed E-state index contributed by atoms with van der Waals surface area (Å²) in [6.07, 6.45) is 6.15. The van der Waals surface area contributed by atoms with Crippen LogP contribution in [0, 0.1) is 5.82 Å². The molecule has 5 heterocycles. The van der Waals surface area contributed by atoms with Gasteiger partial charge in [-0.2, -0.15) is 9.97 Å². The van der Waals surface area contributed by atoms with Gasteiger partial charge in [-0.05, 0) is 61.7 Å². The fraction of sp³-hybridized carbons (Fsp3) is 0.400. The van der Waals surface area contributed by atoms with Gasteiger partial charge in [-0.1, -0.05) is 24.3 Å². The van der Waals surface area contributed by atoms with E-state index in [-0.39, 0.29) is 47.5 Å². The van der Waals surface area contributed by atoms with Gasteiger partial charge >= 0.3 is 12.0 Å². The average Bonchev–Trinajstić information content (AvgIpc) is 3.46. The van der Waals surface area contributed by atoms with Gasteiger partial charge in [-0.25, -0.2) is 4.39 Å². The van der Waals surface area contributed by atoms with Gasteiger partial charge in [0.05, 0.1) is 23.9 Å². The second kappa shape index (κ2) is 9.85. The molecule has 0 bridgehead atoms. The zero-order valence-electron chi connectivity index (χ0n) is 22.1. The van der Waals surface area contributed by atoms with Crippen molar-refractivity contribution < 1.29 is 23.8 Å². The van der Waals surface area contributed by atoms with Gasteiger partial charge in [0.25, 0.3) is 0 Å². The van der Waals surface area contributed by atoms with Crippen LogP contribution in [0.2, 0.25) is 0 Å². The summed E-state index contributed by atoms with van der Waals surface area (Å²) >= 11 is 0. The fourth-order valence-corrected chi connectivity index (χ4v) is 6.56. The summed E-state index contributed by atoms with van der Waals surface area (Å²) in [6.45, 7) is 3.57. The molecule has 0 unspecified atom stereocenters. The number of ether oxygens (including phenoxy) is 2. The first kappa shape index (κ1) is 25.0. The lowest BCUT2D eigenvalue weighted by atomic mass is 9.95. The van der Waals surface area contributed by atoms with Crippen molar-refractivity contribution in [3.05, 3.63) is 48.4 Å². The summed E-state index contributed by atoms with van der Waals surface area (Å²) in [4.78, 5) is 30.1. The number of hydrogen-bond donors (Lipinski definition) is 1. The summed E-state index contributed by atoms with van der Waals surface area (Å²) in [5.41, 5.74) is 0.615. The SMILES string of the molecule is O=C1CCN(c2nc(OCC34CCCN3CCC4)nc3c(F)c(-c4cc(O)cc5ccccc45)ncc23)CCO1. The van der Waals surface area contributed by atoms with E-state index < -0.39 is 5.82 Å². The third-order valence-electron chi connectivity index (χ3n) is 8.54. The topological polar surface area (TPSA) is 101 Å². The van der Waals surface area contributed by atoms with Gasteiger partial charge in [-0.15, -0.1) is 0 Å². The Morgan fingerprint density at radius 3 is 2.73 bits per heavy atom. The number of rotatable bonds is 5. The summed E-state index contributed by atoms with van der Waals surface area (Å²) in [5.74, 6) is -0.412. The predicted molar refractivity (Wildman–Crippen MR) is 148 cm³/mol. The molecule has 9 nitrogen and oxygen atoms in total. The van der Waals surface area contributed by atoms with E-state index in [2.05, 4.69) is 14.9 Å². The van der Waals surface area contributed by atoms with Gasteiger partial charge in [-0.3, -0.25) is 14.7 Å². The molecule has 7 rings (SSSR count). The summed E-state index contributed by atoms with van der Waals surface area (Å²) in [5, 5.41) is 12.4. The number of carbonyl (C=O) groups is 1.